The molecule has 0 saturated carbocycles. The molecule has 0 aliphatic rings. The third-order valence-corrected chi connectivity index (χ3v) is 5.18. The molecule has 0 aliphatic carbocycles. The van der Waals surface area contributed by atoms with Crippen molar-refractivity contribution in [3.8, 4) is 17.2 Å². The number of aryl methyl sites for hydroxylation is 1. The van der Waals surface area contributed by atoms with Crippen LogP contribution in [0.2, 0.25) is 0 Å². The van der Waals surface area contributed by atoms with Gasteiger partial charge < -0.3 is 14.2 Å². The number of hydrogen-bond acceptors (Lipinski definition) is 3. The van der Waals surface area contributed by atoms with Crippen LogP contribution in [0.1, 0.15) is 64.2 Å². The summed E-state index contributed by atoms with van der Waals surface area (Å²) in [4.78, 5) is 0. The number of aromatic nitrogens is 1. The number of pyridine rings is 1. The lowest BCUT2D eigenvalue weighted by atomic mass is 10.1. The van der Waals surface area contributed by atoms with Crippen molar-refractivity contribution >= 4 is 0 Å². The van der Waals surface area contributed by atoms with Crippen molar-refractivity contribution in [2.45, 2.75) is 70.8 Å². The molecule has 1 heterocycles. The summed E-state index contributed by atoms with van der Waals surface area (Å²) >= 11 is 0. The van der Waals surface area contributed by atoms with Crippen molar-refractivity contribution in [3.05, 3.63) is 48.8 Å². The second-order valence-corrected chi connectivity index (χ2v) is 7.55. The molecule has 0 atom stereocenters. The summed E-state index contributed by atoms with van der Waals surface area (Å²) in [5.41, 5.74) is 0. The van der Waals surface area contributed by atoms with Gasteiger partial charge in [0, 0.05) is 36.8 Å². The van der Waals surface area contributed by atoms with E-state index in [-0.39, 0.29) is 0 Å². The van der Waals surface area contributed by atoms with Crippen LogP contribution in [0.25, 0.3) is 0 Å². The Kier molecular flexibility index (Phi) is 11.7. The van der Waals surface area contributed by atoms with E-state index in [9.17, 15) is 0 Å². The SMILES string of the molecule is COc1cc(OC)cc(OCCCCCCCCCCCC[n+]2ccccc2)c1. The lowest BCUT2D eigenvalue weighted by Crippen LogP contribution is -2.32. The highest BCUT2D eigenvalue weighted by Gasteiger charge is 2.03. The summed E-state index contributed by atoms with van der Waals surface area (Å²) in [6, 6.07) is 11.9. The van der Waals surface area contributed by atoms with E-state index in [4.69, 9.17) is 14.2 Å². The molecule has 0 aliphatic heterocycles. The lowest BCUT2D eigenvalue weighted by molar-refractivity contribution is -0.697. The minimum absolute atomic E-state index is 0.746. The zero-order valence-corrected chi connectivity index (χ0v) is 18.3. The van der Waals surface area contributed by atoms with Crippen LogP contribution in [0, 0.1) is 0 Å². The Morgan fingerprint density at radius 1 is 0.586 bits per heavy atom. The van der Waals surface area contributed by atoms with E-state index < -0.39 is 0 Å². The normalized spacial score (nSPS) is 10.7. The molecule has 2 aromatic rings. The number of methoxy groups -OCH3 is 2. The van der Waals surface area contributed by atoms with Gasteiger partial charge in [0.25, 0.3) is 0 Å². The molecule has 160 valence electrons. The molecule has 0 radical (unpaired) electrons. The van der Waals surface area contributed by atoms with E-state index in [0.717, 1.165) is 36.8 Å². The predicted octanol–water partition coefficient (Wildman–Crippen LogP) is 5.97. The summed E-state index contributed by atoms with van der Waals surface area (Å²) in [5, 5.41) is 0. The smallest absolute Gasteiger partial charge is 0.168 e. The highest BCUT2D eigenvalue weighted by molar-refractivity contribution is 5.41. The zero-order valence-electron chi connectivity index (χ0n) is 18.3. The fraction of sp³-hybridized carbons (Fsp3) is 0.560. The van der Waals surface area contributed by atoms with Gasteiger partial charge in [0.15, 0.2) is 12.4 Å². The summed E-state index contributed by atoms with van der Waals surface area (Å²) in [7, 11) is 3.31. The molecule has 0 saturated heterocycles. The van der Waals surface area contributed by atoms with Crippen molar-refractivity contribution in [1.29, 1.82) is 0 Å². The van der Waals surface area contributed by atoms with Crippen LogP contribution >= 0.6 is 0 Å². The van der Waals surface area contributed by atoms with E-state index in [1.54, 1.807) is 14.2 Å². The Bertz CT molecular complexity index is 638. The third-order valence-electron chi connectivity index (χ3n) is 5.18. The van der Waals surface area contributed by atoms with E-state index in [1.165, 1.54) is 57.8 Å². The second-order valence-electron chi connectivity index (χ2n) is 7.55. The predicted molar refractivity (Wildman–Crippen MR) is 118 cm³/mol. The lowest BCUT2D eigenvalue weighted by Gasteiger charge is -2.10. The Balaban J connectivity index is 1.39. The van der Waals surface area contributed by atoms with E-state index >= 15 is 0 Å². The van der Waals surface area contributed by atoms with Crippen LogP contribution in [0.3, 0.4) is 0 Å². The first-order chi connectivity index (χ1) is 14.3. The molecule has 2 rings (SSSR count). The standard InChI is InChI=1S/C25H38NO3/c1-27-23-20-24(28-2)22-25(21-23)29-19-15-10-8-6-4-3-5-7-9-12-16-26-17-13-11-14-18-26/h11,13-14,17-18,20-22H,3-10,12,15-16,19H2,1-2H3/q+1. The van der Waals surface area contributed by atoms with Crippen LogP contribution < -0.4 is 18.8 Å². The van der Waals surface area contributed by atoms with E-state index in [1.807, 2.05) is 18.2 Å². The topological polar surface area (TPSA) is 31.6 Å². The first kappa shape index (κ1) is 23.1. The van der Waals surface area contributed by atoms with Crippen LogP contribution in [-0.4, -0.2) is 20.8 Å². The minimum Gasteiger partial charge on any atom is -0.496 e. The Morgan fingerprint density at radius 2 is 1.07 bits per heavy atom. The molecule has 4 heteroatoms. The number of benzene rings is 1. The van der Waals surface area contributed by atoms with Crippen molar-refractivity contribution < 1.29 is 18.8 Å². The van der Waals surface area contributed by atoms with Gasteiger partial charge in [-0.1, -0.05) is 51.0 Å². The molecule has 0 unspecified atom stereocenters. The van der Waals surface area contributed by atoms with Gasteiger partial charge in [-0.25, -0.2) is 4.57 Å². The van der Waals surface area contributed by atoms with Gasteiger partial charge in [-0.15, -0.1) is 0 Å². The maximum Gasteiger partial charge on any atom is 0.168 e. The number of ether oxygens (including phenoxy) is 3. The van der Waals surface area contributed by atoms with Gasteiger partial charge in [0.1, 0.15) is 23.8 Å². The monoisotopic (exact) mass is 400 g/mol. The molecular formula is C25H38NO3+. The first-order valence-electron chi connectivity index (χ1n) is 11.1. The quantitative estimate of drug-likeness (QED) is 0.257. The largest absolute Gasteiger partial charge is 0.496 e. The molecular weight excluding hydrogens is 362 g/mol. The summed E-state index contributed by atoms with van der Waals surface area (Å²) in [6.45, 7) is 1.89. The number of rotatable bonds is 16. The molecule has 0 fully saturated rings. The maximum absolute atomic E-state index is 5.84. The molecule has 29 heavy (non-hydrogen) atoms. The van der Waals surface area contributed by atoms with E-state index in [0.29, 0.717) is 0 Å². The minimum atomic E-state index is 0.746. The van der Waals surface area contributed by atoms with Crippen LogP contribution in [-0.2, 0) is 6.54 Å². The highest BCUT2D eigenvalue weighted by Crippen LogP contribution is 2.27. The second kappa shape index (κ2) is 14.7. The Hall–Kier alpha value is -2.23. The molecule has 4 nitrogen and oxygen atoms in total. The third kappa shape index (κ3) is 10.2. The molecule has 0 spiro atoms. The molecule has 0 amide bonds. The van der Waals surface area contributed by atoms with Gasteiger partial charge >= 0.3 is 0 Å². The maximum atomic E-state index is 5.84. The number of unbranched alkanes of at least 4 members (excludes halogenated alkanes) is 9. The van der Waals surface area contributed by atoms with Gasteiger partial charge in [-0.3, -0.25) is 0 Å². The van der Waals surface area contributed by atoms with Crippen molar-refractivity contribution in [2.75, 3.05) is 20.8 Å². The summed E-state index contributed by atoms with van der Waals surface area (Å²) < 4.78 is 18.7. The summed E-state index contributed by atoms with van der Waals surface area (Å²) in [6.07, 6.45) is 17.4. The zero-order chi connectivity index (χ0) is 20.6. The Labute approximate surface area is 176 Å². The van der Waals surface area contributed by atoms with Gasteiger partial charge in [0.05, 0.1) is 20.8 Å². The van der Waals surface area contributed by atoms with Gasteiger partial charge in [0.2, 0.25) is 0 Å². The Morgan fingerprint density at radius 3 is 1.62 bits per heavy atom. The molecule has 0 bridgehead atoms. The fourth-order valence-corrected chi connectivity index (χ4v) is 3.45. The van der Waals surface area contributed by atoms with Crippen LogP contribution in [0.5, 0.6) is 17.2 Å². The van der Waals surface area contributed by atoms with E-state index in [2.05, 4.69) is 35.2 Å². The number of hydrogen-bond donors (Lipinski definition) is 0. The van der Waals surface area contributed by atoms with Crippen LogP contribution in [0.15, 0.2) is 48.8 Å². The van der Waals surface area contributed by atoms with Gasteiger partial charge in [-0.05, 0) is 12.8 Å². The highest BCUT2D eigenvalue weighted by atomic mass is 16.5. The first-order valence-corrected chi connectivity index (χ1v) is 11.1. The van der Waals surface area contributed by atoms with Gasteiger partial charge in [-0.2, -0.15) is 0 Å². The molecule has 0 N–H and O–H groups in total. The van der Waals surface area contributed by atoms with Crippen molar-refractivity contribution in [2.24, 2.45) is 0 Å². The fourth-order valence-electron chi connectivity index (χ4n) is 3.45. The summed E-state index contributed by atoms with van der Waals surface area (Å²) in [5.74, 6) is 2.34. The van der Waals surface area contributed by atoms with Crippen molar-refractivity contribution in [1.82, 2.24) is 0 Å². The average Bonchev–Trinajstić information content (AvgIpc) is 2.77. The van der Waals surface area contributed by atoms with Crippen LogP contribution in [0.4, 0.5) is 0 Å². The molecule has 1 aromatic heterocycles. The number of nitrogens with zero attached hydrogens (tertiary/aromatic N) is 1. The average molecular weight is 401 g/mol. The molecule has 1 aromatic carbocycles. The van der Waals surface area contributed by atoms with Crippen molar-refractivity contribution in [3.63, 3.8) is 0 Å².